The number of carboxylic acid groups (broad SMARTS) is 1. The average molecular weight is 263 g/mol. The summed E-state index contributed by atoms with van der Waals surface area (Å²) in [5.41, 5.74) is 0.569. The molecule has 5 nitrogen and oxygen atoms in total. The lowest BCUT2D eigenvalue weighted by atomic mass is 10.1. The van der Waals surface area contributed by atoms with Crippen molar-refractivity contribution in [2.45, 2.75) is 18.9 Å². The first-order chi connectivity index (χ1) is 9.18. The van der Waals surface area contributed by atoms with Crippen molar-refractivity contribution in [3.8, 4) is 0 Å². The summed E-state index contributed by atoms with van der Waals surface area (Å²) in [7, 11) is 0. The molecule has 0 atom stereocenters. The van der Waals surface area contributed by atoms with E-state index >= 15 is 0 Å². The predicted molar refractivity (Wildman–Crippen MR) is 63.1 cm³/mol. The number of para-hydroxylation sites is 1. The quantitative estimate of drug-likeness (QED) is 0.807. The molecular formula is C13H12FN2O3-. The second-order valence-corrected chi connectivity index (χ2v) is 4.54. The Hall–Kier alpha value is -1.95. The van der Waals surface area contributed by atoms with E-state index in [9.17, 15) is 14.3 Å². The molecular weight excluding hydrogens is 251 g/mol. The number of aromatic nitrogens is 2. The second kappa shape index (κ2) is 4.62. The van der Waals surface area contributed by atoms with Gasteiger partial charge in [-0.15, -0.1) is 0 Å². The number of halogens is 1. The molecule has 6 heteroatoms. The Kier molecular flexibility index (Phi) is 2.94. The van der Waals surface area contributed by atoms with E-state index in [4.69, 9.17) is 4.74 Å². The van der Waals surface area contributed by atoms with Crippen LogP contribution >= 0.6 is 0 Å². The number of nitrogens with zero attached hydrogens (tertiary/aromatic N) is 2. The maximum absolute atomic E-state index is 13.7. The number of fused-ring (bicyclic) bond motifs is 1. The third-order valence-electron chi connectivity index (χ3n) is 3.41. The number of carbonyl (C=O) groups is 1. The van der Waals surface area contributed by atoms with Crippen LogP contribution in [0.5, 0.6) is 0 Å². The van der Waals surface area contributed by atoms with Gasteiger partial charge in [-0.25, -0.2) is 9.37 Å². The minimum absolute atomic E-state index is 0.0477. The standard InChI is InChI=1S/C13H13FN2O3/c14-9-2-1-3-10-11(9)15-12(13(17)18)16(10)8-4-6-19-7-5-8/h1-3,8H,4-7H2,(H,17,18)/p-1. The number of ether oxygens (including phenoxy) is 1. The van der Waals surface area contributed by atoms with Crippen LogP contribution in [0.2, 0.25) is 0 Å². The third kappa shape index (κ3) is 1.98. The molecule has 1 saturated heterocycles. The summed E-state index contributed by atoms with van der Waals surface area (Å²) >= 11 is 0. The van der Waals surface area contributed by atoms with Crippen LogP contribution in [0, 0.1) is 5.82 Å². The number of carboxylic acids is 1. The molecule has 0 radical (unpaired) electrons. The molecule has 2 aromatic rings. The number of benzene rings is 1. The Bertz CT molecular complexity index is 632. The Balaban J connectivity index is 2.21. The van der Waals surface area contributed by atoms with Gasteiger partial charge in [-0.2, -0.15) is 0 Å². The first-order valence-corrected chi connectivity index (χ1v) is 6.14. The van der Waals surface area contributed by atoms with E-state index in [0.717, 1.165) is 0 Å². The number of carbonyl (C=O) groups excluding carboxylic acids is 1. The van der Waals surface area contributed by atoms with Gasteiger partial charge in [-0.3, -0.25) is 0 Å². The summed E-state index contributed by atoms with van der Waals surface area (Å²) in [6.45, 7) is 1.12. The minimum atomic E-state index is -1.39. The van der Waals surface area contributed by atoms with E-state index in [0.29, 0.717) is 31.6 Å². The van der Waals surface area contributed by atoms with E-state index < -0.39 is 11.8 Å². The van der Waals surface area contributed by atoms with Gasteiger partial charge in [0.05, 0.1) is 5.52 Å². The van der Waals surface area contributed by atoms with Crippen molar-refractivity contribution < 1.29 is 19.0 Å². The lowest BCUT2D eigenvalue weighted by Crippen LogP contribution is -2.29. The Morgan fingerprint density at radius 3 is 2.84 bits per heavy atom. The second-order valence-electron chi connectivity index (χ2n) is 4.54. The van der Waals surface area contributed by atoms with Crippen LogP contribution in [-0.2, 0) is 4.74 Å². The lowest BCUT2D eigenvalue weighted by Gasteiger charge is -2.25. The van der Waals surface area contributed by atoms with Gasteiger partial charge in [0, 0.05) is 19.3 Å². The number of hydrogen-bond donors (Lipinski definition) is 0. The zero-order valence-corrected chi connectivity index (χ0v) is 10.1. The van der Waals surface area contributed by atoms with Crippen molar-refractivity contribution in [2.75, 3.05) is 13.2 Å². The highest BCUT2D eigenvalue weighted by atomic mass is 19.1. The molecule has 100 valence electrons. The molecule has 0 bridgehead atoms. The molecule has 0 N–H and O–H groups in total. The molecule has 0 aliphatic carbocycles. The lowest BCUT2D eigenvalue weighted by molar-refractivity contribution is -0.256. The van der Waals surface area contributed by atoms with Crippen LogP contribution in [0.25, 0.3) is 11.0 Å². The zero-order valence-electron chi connectivity index (χ0n) is 10.1. The van der Waals surface area contributed by atoms with Gasteiger partial charge < -0.3 is 19.2 Å². The van der Waals surface area contributed by atoms with Gasteiger partial charge in [0.1, 0.15) is 11.5 Å². The Morgan fingerprint density at radius 2 is 2.16 bits per heavy atom. The maximum atomic E-state index is 13.7. The van der Waals surface area contributed by atoms with E-state index in [1.807, 2.05) is 0 Å². The molecule has 0 amide bonds. The summed E-state index contributed by atoms with van der Waals surface area (Å²) in [4.78, 5) is 15.1. The molecule has 1 aliphatic heterocycles. The van der Waals surface area contributed by atoms with Crippen LogP contribution in [0.3, 0.4) is 0 Å². The van der Waals surface area contributed by atoms with Gasteiger partial charge >= 0.3 is 0 Å². The number of hydrogen-bond acceptors (Lipinski definition) is 4. The van der Waals surface area contributed by atoms with Crippen molar-refractivity contribution in [1.82, 2.24) is 9.55 Å². The average Bonchev–Trinajstić information content (AvgIpc) is 2.81. The number of rotatable bonds is 2. The third-order valence-corrected chi connectivity index (χ3v) is 3.41. The van der Waals surface area contributed by atoms with Crippen molar-refractivity contribution in [3.63, 3.8) is 0 Å². The number of imidazole rings is 1. The topological polar surface area (TPSA) is 67.2 Å². The molecule has 0 unspecified atom stereocenters. The largest absolute Gasteiger partial charge is 0.542 e. The summed E-state index contributed by atoms with van der Waals surface area (Å²) in [6.07, 6.45) is 1.37. The first-order valence-electron chi connectivity index (χ1n) is 6.14. The van der Waals surface area contributed by atoms with Crippen molar-refractivity contribution in [1.29, 1.82) is 0 Å². The summed E-state index contributed by atoms with van der Waals surface area (Å²) in [5.74, 6) is -2.13. The summed E-state index contributed by atoms with van der Waals surface area (Å²) in [5, 5.41) is 11.2. The van der Waals surface area contributed by atoms with Gasteiger partial charge in [0.15, 0.2) is 11.6 Å². The van der Waals surface area contributed by atoms with E-state index in [1.54, 1.807) is 16.7 Å². The highest BCUT2D eigenvalue weighted by Gasteiger charge is 2.23. The minimum Gasteiger partial charge on any atom is -0.542 e. The van der Waals surface area contributed by atoms with Crippen LogP contribution in [0.15, 0.2) is 18.2 Å². The summed E-state index contributed by atoms with van der Waals surface area (Å²) < 4.78 is 20.5. The van der Waals surface area contributed by atoms with E-state index in [1.165, 1.54) is 6.07 Å². The summed E-state index contributed by atoms with van der Waals surface area (Å²) in [6, 6.07) is 4.44. The molecule has 1 fully saturated rings. The smallest absolute Gasteiger partial charge is 0.157 e. The molecule has 0 saturated carbocycles. The zero-order chi connectivity index (χ0) is 13.4. The van der Waals surface area contributed by atoms with Crippen molar-refractivity contribution in [2.24, 2.45) is 0 Å². The van der Waals surface area contributed by atoms with Gasteiger partial charge in [0.25, 0.3) is 0 Å². The predicted octanol–water partition coefficient (Wildman–Crippen LogP) is 0.890. The molecule has 19 heavy (non-hydrogen) atoms. The molecule has 0 spiro atoms. The monoisotopic (exact) mass is 263 g/mol. The fraction of sp³-hybridized carbons (Fsp3) is 0.385. The molecule has 3 rings (SSSR count). The van der Waals surface area contributed by atoms with Gasteiger partial charge in [-0.1, -0.05) is 6.07 Å². The SMILES string of the molecule is O=C([O-])c1nc2c(F)cccc2n1C1CCOCC1. The van der Waals surface area contributed by atoms with E-state index in [-0.39, 0.29) is 17.4 Å². The van der Waals surface area contributed by atoms with Crippen LogP contribution in [-0.4, -0.2) is 28.7 Å². The Morgan fingerprint density at radius 1 is 1.42 bits per heavy atom. The van der Waals surface area contributed by atoms with Gasteiger partial charge in [0.2, 0.25) is 0 Å². The Labute approximate surface area is 108 Å². The van der Waals surface area contributed by atoms with Crippen LogP contribution < -0.4 is 5.11 Å². The fourth-order valence-electron chi connectivity index (χ4n) is 2.54. The van der Waals surface area contributed by atoms with Crippen LogP contribution in [0.1, 0.15) is 29.5 Å². The van der Waals surface area contributed by atoms with Crippen molar-refractivity contribution in [3.05, 3.63) is 29.8 Å². The van der Waals surface area contributed by atoms with Gasteiger partial charge in [-0.05, 0) is 25.0 Å². The van der Waals surface area contributed by atoms with Crippen LogP contribution in [0.4, 0.5) is 4.39 Å². The molecule has 2 heterocycles. The highest BCUT2D eigenvalue weighted by Crippen LogP contribution is 2.28. The fourth-order valence-corrected chi connectivity index (χ4v) is 2.54. The highest BCUT2D eigenvalue weighted by molar-refractivity contribution is 5.89. The maximum Gasteiger partial charge on any atom is 0.157 e. The molecule has 1 aliphatic rings. The van der Waals surface area contributed by atoms with E-state index in [2.05, 4.69) is 4.98 Å². The number of aromatic carboxylic acids is 1. The molecule has 1 aromatic heterocycles. The normalized spacial score (nSPS) is 16.9. The molecule has 1 aromatic carbocycles. The first kappa shape index (κ1) is 12.1. The van der Waals surface area contributed by atoms with Crippen molar-refractivity contribution >= 4 is 17.0 Å².